The minimum atomic E-state index is -1.61. The normalized spacial score (nSPS) is 12.6. The summed E-state index contributed by atoms with van der Waals surface area (Å²) in [6.07, 6.45) is 0. The predicted molar refractivity (Wildman–Crippen MR) is 105 cm³/mol. The molecule has 9 heteroatoms. The maximum absolute atomic E-state index is 12.3. The number of thiophene rings is 1. The summed E-state index contributed by atoms with van der Waals surface area (Å²) in [5.41, 5.74) is 0.563. The Morgan fingerprint density at radius 3 is 2.37 bits per heavy atom. The number of Topliss-reactive ketones (excluding diaryl/α,β-unsaturated/α-hetero) is 1. The maximum atomic E-state index is 12.3. The highest BCUT2D eigenvalue weighted by Gasteiger charge is 2.38. The summed E-state index contributed by atoms with van der Waals surface area (Å²) in [5, 5.41) is 6.67. The van der Waals surface area contributed by atoms with Gasteiger partial charge >= 0.3 is 5.97 Å². The van der Waals surface area contributed by atoms with Crippen molar-refractivity contribution in [2.75, 3.05) is 11.9 Å². The fraction of sp³-hybridized carbons (Fsp3) is 0.222. The van der Waals surface area contributed by atoms with Crippen LogP contribution in [0, 0.1) is 0 Å². The Kier molecular flexibility index (Phi) is 6.75. The van der Waals surface area contributed by atoms with Crippen molar-refractivity contribution in [3.05, 3.63) is 46.7 Å². The number of nitrogens with one attached hydrogen (secondary N) is 2. The van der Waals surface area contributed by atoms with Crippen LogP contribution in [0.4, 0.5) is 5.69 Å². The number of amides is 2. The Labute approximate surface area is 165 Å². The smallest absolute Gasteiger partial charge is 0.330 e. The van der Waals surface area contributed by atoms with Gasteiger partial charge in [-0.1, -0.05) is 6.07 Å². The van der Waals surface area contributed by atoms with Crippen molar-refractivity contribution < 1.29 is 23.9 Å². The Morgan fingerprint density at radius 2 is 1.81 bits per heavy atom. The van der Waals surface area contributed by atoms with Crippen molar-refractivity contribution in [2.45, 2.75) is 18.6 Å². The van der Waals surface area contributed by atoms with Gasteiger partial charge < -0.3 is 15.4 Å². The first kappa shape index (κ1) is 20.7. The zero-order valence-corrected chi connectivity index (χ0v) is 16.4. The molecule has 0 aliphatic heterocycles. The van der Waals surface area contributed by atoms with Gasteiger partial charge in [0.25, 0.3) is 0 Å². The van der Waals surface area contributed by atoms with Crippen LogP contribution in [0.15, 0.2) is 41.8 Å². The number of ketones is 1. The topological polar surface area (TPSA) is 102 Å². The number of benzene rings is 1. The van der Waals surface area contributed by atoms with E-state index in [1.54, 1.807) is 29.6 Å². The van der Waals surface area contributed by atoms with E-state index in [9.17, 15) is 19.2 Å². The van der Waals surface area contributed by atoms with Crippen LogP contribution < -0.4 is 15.4 Å². The van der Waals surface area contributed by atoms with E-state index < -0.39 is 29.0 Å². The van der Waals surface area contributed by atoms with Crippen molar-refractivity contribution >= 4 is 53.2 Å². The quantitative estimate of drug-likeness (QED) is 0.215. The number of carbonyl (C=O) groups excluding carboxylic acids is 4. The van der Waals surface area contributed by atoms with Gasteiger partial charge in [-0.2, -0.15) is 12.6 Å². The van der Waals surface area contributed by atoms with Gasteiger partial charge in [0.1, 0.15) is 12.3 Å². The SMILES string of the molecule is CC(=O)Nc1ccc(OC(=O)CNC(=O)C(C)(S)C(=O)c2cccs2)cc1. The van der Waals surface area contributed by atoms with Crippen LogP contribution in [0.25, 0.3) is 0 Å². The lowest BCUT2D eigenvalue weighted by molar-refractivity contribution is -0.135. The third-order valence-corrected chi connectivity index (χ3v) is 4.70. The number of ether oxygens (including phenoxy) is 1. The molecule has 7 nitrogen and oxygen atoms in total. The van der Waals surface area contributed by atoms with Gasteiger partial charge in [0, 0.05) is 12.6 Å². The molecular formula is C18H18N2O5S2. The molecule has 0 fully saturated rings. The summed E-state index contributed by atoms with van der Waals surface area (Å²) < 4.78 is 3.49. The number of thiol groups is 1. The van der Waals surface area contributed by atoms with Crippen molar-refractivity contribution in [3.63, 3.8) is 0 Å². The van der Waals surface area contributed by atoms with Crippen LogP contribution in [-0.2, 0) is 14.4 Å². The fourth-order valence-electron chi connectivity index (χ4n) is 2.05. The second-order valence-corrected chi connectivity index (χ2v) is 7.58. The molecule has 142 valence electrons. The lowest BCUT2D eigenvalue weighted by atomic mass is 10.0. The third kappa shape index (κ3) is 5.66. The van der Waals surface area contributed by atoms with E-state index >= 15 is 0 Å². The maximum Gasteiger partial charge on any atom is 0.330 e. The number of hydrogen-bond donors (Lipinski definition) is 3. The van der Waals surface area contributed by atoms with Crippen LogP contribution >= 0.6 is 24.0 Å². The lowest BCUT2D eigenvalue weighted by Crippen LogP contribution is -2.48. The molecule has 0 bridgehead atoms. The highest BCUT2D eigenvalue weighted by atomic mass is 32.1. The lowest BCUT2D eigenvalue weighted by Gasteiger charge is -2.20. The second kappa shape index (κ2) is 8.83. The minimum absolute atomic E-state index is 0.214. The molecule has 1 aromatic carbocycles. The molecule has 0 saturated heterocycles. The molecule has 2 amide bonds. The molecule has 0 radical (unpaired) electrons. The second-order valence-electron chi connectivity index (χ2n) is 5.74. The summed E-state index contributed by atoms with van der Waals surface area (Å²) in [5.74, 6) is -1.80. The highest BCUT2D eigenvalue weighted by molar-refractivity contribution is 7.83. The molecule has 27 heavy (non-hydrogen) atoms. The van der Waals surface area contributed by atoms with Crippen molar-refractivity contribution in [2.24, 2.45) is 0 Å². The van der Waals surface area contributed by atoms with Gasteiger partial charge in [0.2, 0.25) is 11.8 Å². The zero-order valence-electron chi connectivity index (χ0n) is 14.6. The van der Waals surface area contributed by atoms with Crippen LogP contribution in [0.1, 0.15) is 23.5 Å². The molecule has 2 rings (SSSR count). The van der Waals surface area contributed by atoms with E-state index in [-0.39, 0.29) is 11.7 Å². The van der Waals surface area contributed by atoms with E-state index in [1.807, 2.05) is 0 Å². The molecule has 2 N–H and O–H groups in total. The van der Waals surface area contributed by atoms with E-state index in [4.69, 9.17) is 4.74 Å². The van der Waals surface area contributed by atoms with Crippen molar-refractivity contribution in [3.8, 4) is 5.75 Å². The highest BCUT2D eigenvalue weighted by Crippen LogP contribution is 2.23. The van der Waals surface area contributed by atoms with Gasteiger partial charge in [0.15, 0.2) is 10.5 Å². The number of anilines is 1. The first-order valence-electron chi connectivity index (χ1n) is 7.87. The number of carbonyl (C=O) groups is 4. The molecule has 0 spiro atoms. The number of hydrogen-bond acceptors (Lipinski definition) is 7. The van der Waals surface area contributed by atoms with Gasteiger partial charge in [-0.25, -0.2) is 4.79 Å². The van der Waals surface area contributed by atoms with Gasteiger partial charge in [-0.15, -0.1) is 11.3 Å². The first-order chi connectivity index (χ1) is 12.7. The monoisotopic (exact) mass is 406 g/mol. The molecule has 2 aromatic rings. The van der Waals surface area contributed by atoms with E-state index in [0.29, 0.717) is 10.6 Å². The summed E-state index contributed by atoms with van der Waals surface area (Å²) in [7, 11) is 0. The number of esters is 1. The van der Waals surface area contributed by atoms with Gasteiger partial charge in [-0.05, 0) is 42.6 Å². The molecule has 1 aromatic heterocycles. The Hall–Kier alpha value is -2.65. The molecule has 1 heterocycles. The van der Waals surface area contributed by atoms with Gasteiger partial charge in [0.05, 0.1) is 4.88 Å². The standard InChI is InChI=1S/C18H18N2O5S2/c1-11(21)20-12-5-7-13(8-6-12)25-15(22)10-19-17(24)18(2,26)16(23)14-4-3-9-27-14/h3-9,26H,10H2,1-2H3,(H,19,24)(H,20,21). The summed E-state index contributed by atoms with van der Waals surface area (Å²) >= 11 is 5.37. The third-order valence-electron chi connectivity index (χ3n) is 3.43. The Morgan fingerprint density at radius 1 is 1.15 bits per heavy atom. The van der Waals surface area contributed by atoms with Crippen LogP contribution in [0.3, 0.4) is 0 Å². The van der Waals surface area contributed by atoms with E-state index in [1.165, 1.54) is 37.3 Å². The van der Waals surface area contributed by atoms with Crippen molar-refractivity contribution in [1.29, 1.82) is 0 Å². The van der Waals surface area contributed by atoms with Crippen LogP contribution in [-0.4, -0.2) is 34.9 Å². The van der Waals surface area contributed by atoms with E-state index in [2.05, 4.69) is 23.3 Å². The van der Waals surface area contributed by atoms with Crippen molar-refractivity contribution in [1.82, 2.24) is 5.32 Å². The average molecular weight is 406 g/mol. The minimum Gasteiger partial charge on any atom is -0.425 e. The average Bonchev–Trinajstić information content (AvgIpc) is 3.14. The molecule has 0 saturated carbocycles. The Bertz CT molecular complexity index is 845. The van der Waals surface area contributed by atoms with E-state index in [0.717, 1.165) is 0 Å². The molecular weight excluding hydrogens is 388 g/mol. The van der Waals surface area contributed by atoms with Gasteiger partial charge in [-0.3, -0.25) is 14.4 Å². The van der Waals surface area contributed by atoms with Crippen LogP contribution in [0.2, 0.25) is 0 Å². The fourth-order valence-corrected chi connectivity index (χ4v) is 3.10. The Balaban J connectivity index is 1.88. The zero-order chi connectivity index (χ0) is 20.0. The first-order valence-corrected chi connectivity index (χ1v) is 9.20. The summed E-state index contributed by atoms with van der Waals surface area (Å²) in [6, 6.07) is 9.48. The summed E-state index contributed by atoms with van der Waals surface area (Å²) in [6.45, 7) is 2.34. The van der Waals surface area contributed by atoms with Crippen LogP contribution in [0.5, 0.6) is 5.75 Å². The number of rotatable bonds is 7. The molecule has 1 unspecified atom stereocenters. The predicted octanol–water partition coefficient (Wildman–Crippen LogP) is 2.30. The summed E-state index contributed by atoms with van der Waals surface area (Å²) in [4.78, 5) is 47.9. The largest absolute Gasteiger partial charge is 0.425 e. The molecule has 1 atom stereocenters. The molecule has 0 aliphatic carbocycles. The molecule has 0 aliphatic rings.